The SMILES string of the molecule is Cc1ccc([N+](=O)[O-])c(OCC(C)O)c1. The molecule has 82 valence electrons. The average Bonchev–Trinajstić information content (AvgIpc) is 2.14. The lowest BCUT2D eigenvalue weighted by atomic mass is 10.2. The average molecular weight is 211 g/mol. The molecule has 0 saturated heterocycles. The summed E-state index contributed by atoms with van der Waals surface area (Å²) in [5, 5.41) is 19.7. The van der Waals surface area contributed by atoms with Crippen molar-refractivity contribution in [3.63, 3.8) is 0 Å². The Bertz CT molecular complexity index is 362. The van der Waals surface area contributed by atoms with E-state index in [0.717, 1.165) is 5.56 Å². The molecule has 0 aliphatic rings. The molecular weight excluding hydrogens is 198 g/mol. The Morgan fingerprint density at radius 1 is 1.60 bits per heavy atom. The molecule has 1 rings (SSSR count). The van der Waals surface area contributed by atoms with Crippen LogP contribution in [0.4, 0.5) is 5.69 Å². The van der Waals surface area contributed by atoms with E-state index in [1.807, 2.05) is 6.92 Å². The number of ether oxygens (including phenoxy) is 1. The van der Waals surface area contributed by atoms with Crippen LogP contribution in [0.2, 0.25) is 0 Å². The van der Waals surface area contributed by atoms with Gasteiger partial charge in [-0.2, -0.15) is 0 Å². The summed E-state index contributed by atoms with van der Waals surface area (Å²) in [7, 11) is 0. The van der Waals surface area contributed by atoms with Crippen LogP contribution < -0.4 is 4.74 Å². The first-order valence-electron chi connectivity index (χ1n) is 4.56. The highest BCUT2D eigenvalue weighted by molar-refractivity contribution is 5.48. The van der Waals surface area contributed by atoms with Crippen molar-refractivity contribution in [2.75, 3.05) is 6.61 Å². The fourth-order valence-electron chi connectivity index (χ4n) is 1.10. The molecule has 0 amide bonds. The van der Waals surface area contributed by atoms with E-state index in [1.54, 1.807) is 19.1 Å². The van der Waals surface area contributed by atoms with Crippen molar-refractivity contribution >= 4 is 5.69 Å². The molecule has 0 heterocycles. The Hall–Kier alpha value is -1.62. The number of nitrogens with zero attached hydrogens (tertiary/aromatic N) is 1. The second-order valence-corrected chi connectivity index (χ2v) is 3.39. The minimum Gasteiger partial charge on any atom is -0.484 e. The summed E-state index contributed by atoms with van der Waals surface area (Å²) in [6.07, 6.45) is -0.648. The number of benzene rings is 1. The second-order valence-electron chi connectivity index (χ2n) is 3.39. The van der Waals surface area contributed by atoms with Crippen LogP contribution in [0.15, 0.2) is 18.2 Å². The zero-order valence-corrected chi connectivity index (χ0v) is 8.64. The van der Waals surface area contributed by atoms with Crippen molar-refractivity contribution in [1.82, 2.24) is 0 Å². The van der Waals surface area contributed by atoms with Crippen LogP contribution in [-0.2, 0) is 0 Å². The maximum Gasteiger partial charge on any atom is 0.310 e. The number of hydrogen-bond donors (Lipinski definition) is 1. The van der Waals surface area contributed by atoms with E-state index < -0.39 is 11.0 Å². The molecule has 0 saturated carbocycles. The van der Waals surface area contributed by atoms with Gasteiger partial charge in [-0.05, 0) is 25.5 Å². The minimum absolute atomic E-state index is 0.0459. The van der Waals surface area contributed by atoms with Crippen LogP contribution in [-0.4, -0.2) is 22.7 Å². The molecule has 0 bridgehead atoms. The van der Waals surface area contributed by atoms with E-state index in [1.165, 1.54) is 6.07 Å². The first-order valence-corrected chi connectivity index (χ1v) is 4.56. The highest BCUT2D eigenvalue weighted by Gasteiger charge is 2.15. The summed E-state index contributed by atoms with van der Waals surface area (Å²) in [6, 6.07) is 4.63. The van der Waals surface area contributed by atoms with E-state index in [0.29, 0.717) is 0 Å². The van der Waals surface area contributed by atoms with Gasteiger partial charge in [0.15, 0.2) is 5.75 Å². The van der Waals surface area contributed by atoms with Crippen LogP contribution in [0.1, 0.15) is 12.5 Å². The highest BCUT2D eigenvalue weighted by Crippen LogP contribution is 2.27. The van der Waals surface area contributed by atoms with Crippen molar-refractivity contribution in [3.05, 3.63) is 33.9 Å². The normalized spacial score (nSPS) is 12.2. The van der Waals surface area contributed by atoms with Crippen LogP contribution in [0.25, 0.3) is 0 Å². The third kappa shape index (κ3) is 3.21. The first-order chi connectivity index (χ1) is 7.00. The summed E-state index contributed by atoms with van der Waals surface area (Å²) in [5.74, 6) is 0.195. The number of rotatable bonds is 4. The van der Waals surface area contributed by atoms with Gasteiger partial charge in [0.1, 0.15) is 6.61 Å². The Balaban J connectivity index is 2.92. The quantitative estimate of drug-likeness (QED) is 0.607. The van der Waals surface area contributed by atoms with Gasteiger partial charge in [0.25, 0.3) is 0 Å². The molecule has 0 fully saturated rings. The van der Waals surface area contributed by atoms with Gasteiger partial charge in [-0.25, -0.2) is 0 Å². The molecule has 0 spiro atoms. The van der Waals surface area contributed by atoms with E-state index in [2.05, 4.69) is 0 Å². The third-order valence-electron chi connectivity index (χ3n) is 1.79. The van der Waals surface area contributed by atoms with Crippen LogP contribution in [0.5, 0.6) is 5.75 Å². The Morgan fingerprint density at radius 2 is 2.27 bits per heavy atom. The molecule has 1 N–H and O–H groups in total. The summed E-state index contributed by atoms with van der Waals surface area (Å²) < 4.78 is 5.15. The molecule has 0 aliphatic carbocycles. The van der Waals surface area contributed by atoms with E-state index in [-0.39, 0.29) is 18.0 Å². The van der Waals surface area contributed by atoms with Gasteiger partial charge in [-0.3, -0.25) is 10.1 Å². The van der Waals surface area contributed by atoms with Gasteiger partial charge in [0, 0.05) is 6.07 Å². The van der Waals surface area contributed by atoms with Crippen molar-refractivity contribution in [1.29, 1.82) is 0 Å². The zero-order chi connectivity index (χ0) is 11.4. The maximum atomic E-state index is 10.6. The van der Waals surface area contributed by atoms with Gasteiger partial charge in [0.2, 0.25) is 0 Å². The van der Waals surface area contributed by atoms with Crippen molar-refractivity contribution in [3.8, 4) is 5.75 Å². The van der Waals surface area contributed by atoms with Crippen LogP contribution in [0, 0.1) is 17.0 Å². The topological polar surface area (TPSA) is 72.6 Å². The second kappa shape index (κ2) is 4.75. The predicted octanol–water partition coefficient (Wildman–Crippen LogP) is 1.66. The number of aliphatic hydroxyl groups excluding tert-OH is 1. The maximum absolute atomic E-state index is 10.6. The number of aryl methyl sites for hydroxylation is 1. The number of hydrogen-bond acceptors (Lipinski definition) is 4. The lowest BCUT2D eigenvalue weighted by Gasteiger charge is -2.08. The van der Waals surface area contributed by atoms with Crippen molar-refractivity contribution < 1.29 is 14.8 Å². The number of aliphatic hydroxyl groups is 1. The van der Waals surface area contributed by atoms with Crippen LogP contribution in [0.3, 0.4) is 0 Å². The lowest BCUT2D eigenvalue weighted by molar-refractivity contribution is -0.385. The van der Waals surface area contributed by atoms with Gasteiger partial charge in [0.05, 0.1) is 11.0 Å². The summed E-state index contributed by atoms with van der Waals surface area (Å²) in [5.41, 5.74) is 0.794. The summed E-state index contributed by atoms with van der Waals surface area (Å²) in [6.45, 7) is 3.42. The minimum atomic E-state index is -0.648. The molecule has 15 heavy (non-hydrogen) atoms. The first kappa shape index (κ1) is 11.5. The molecule has 0 radical (unpaired) electrons. The molecule has 0 aliphatic heterocycles. The number of nitro groups is 1. The van der Waals surface area contributed by atoms with Gasteiger partial charge in [-0.15, -0.1) is 0 Å². The van der Waals surface area contributed by atoms with Gasteiger partial charge in [-0.1, -0.05) is 6.07 Å². The molecule has 1 atom stereocenters. The van der Waals surface area contributed by atoms with Crippen molar-refractivity contribution in [2.45, 2.75) is 20.0 Å². The van der Waals surface area contributed by atoms with E-state index >= 15 is 0 Å². The monoisotopic (exact) mass is 211 g/mol. The molecule has 1 aromatic rings. The largest absolute Gasteiger partial charge is 0.484 e. The molecular formula is C10H13NO4. The summed E-state index contributed by atoms with van der Waals surface area (Å²) in [4.78, 5) is 10.1. The molecule has 0 aromatic heterocycles. The predicted molar refractivity (Wildman–Crippen MR) is 55.0 cm³/mol. The summed E-state index contributed by atoms with van der Waals surface area (Å²) >= 11 is 0. The molecule has 1 unspecified atom stereocenters. The molecule has 1 aromatic carbocycles. The van der Waals surface area contributed by atoms with Crippen LogP contribution >= 0.6 is 0 Å². The van der Waals surface area contributed by atoms with Gasteiger partial charge < -0.3 is 9.84 Å². The fraction of sp³-hybridized carbons (Fsp3) is 0.400. The standard InChI is InChI=1S/C10H13NO4/c1-7-3-4-9(11(13)14)10(5-7)15-6-8(2)12/h3-5,8,12H,6H2,1-2H3. The van der Waals surface area contributed by atoms with Gasteiger partial charge >= 0.3 is 5.69 Å². The Labute approximate surface area is 87.5 Å². The van der Waals surface area contributed by atoms with E-state index in [9.17, 15) is 10.1 Å². The smallest absolute Gasteiger partial charge is 0.310 e. The lowest BCUT2D eigenvalue weighted by Crippen LogP contribution is -2.13. The third-order valence-corrected chi connectivity index (χ3v) is 1.79. The molecule has 5 heteroatoms. The fourth-order valence-corrected chi connectivity index (χ4v) is 1.10. The Morgan fingerprint density at radius 3 is 2.80 bits per heavy atom. The number of nitro benzene ring substituents is 1. The van der Waals surface area contributed by atoms with Crippen molar-refractivity contribution in [2.24, 2.45) is 0 Å². The van der Waals surface area contributed by atoms with E-state index in [4.69, 9.17) is 9.84 Å². The Kier molecular flexibility index (Phi) is 3.62. The zero-order valence-electron chi connectivity index (χ0n) is 8.64. The molecule has 5 nitrogen and oxygen atoms in total. The highest BCUT2D eigenvalue weighted by atomic mass is 16.6.